The van der Waals surface area contributed by atoms with E-state index in [0.717, 1.165) is 5.56 Å². The van der Waals surface area contributed by atoms with Crippen molar-refractivity contribution in [2.45, 2.75) is 46.3 Å². The molecule has 0 aliphatic rings. The molecule has 0 aliphatic carbocycles. The van der Waals surface area contributed by atoms with Gasteiger partial charge in [0.05, 0.1) is 6.04 Å². The van der Waals surface area contributed by atoms with Gasteiger partial charge in [-0.3, -0.25) is 4.79 Å². The second-order valence-electron chi connectivity index (χ2n) is 5.90. The second kappa shape index (κ2) is 7.82. The molecule has 2 rings (SSSR count). The van der Waals surface area contributed by atoms with Gasteiger partial charge >= 0.3 is 0 Å². The molecule has 2 atom stereocenters. The monoisotopic (exact) mass is 311 g/mol. The van der Waals surface area contributed by atoms with Crippen molar-refractivity contribution < 1.29 is 9.53 Å². The molecule has 122 valence electrons. The van der Waals surface area contributed by atoms with Gasteiger partial charge in [0.2, 0.25) is 0 Å². The van der Waals surface area contributed by atoms with E-state index in [-0.39, 0.29) is 11.9 Å². The SMILES string of the molecule is CC[C@@H](Oc1ccccc1)C(=O)N[C@@H](C)c1ccc(C)c(C)c1. The summed E-state index contributed by atoms with van der Waals surface area (Å²) in [6.45, 7) is 8.12. The van der Waals surface area contributed by atoms with Crippen LogP contribution in [0.3, 0.4) is 0 Å². The maximum absolute atomic E-state index is 12.5. The number of benzene rings is 2. The zero-order chi connectivity index (χ0) is 16.8. The van der Waals surface area contributed by atoms with Crippen molar-refractivity contribution in [3.05, 3.63) is 65.2 Å². The van der Waals surface area contributed by atoms with Gasteiger partial charge in [-0.1, -0.05) is 43.3 Å². The van der Waals surface area contributed by atoms with Crippen LogP contribution in [0.15, 0.2) is 48.5 Å². The van der Waals surface area contributed by atoms with Crippen molar-refractivity contribution in [3.8, 4) is 5.75 Å². The zero-order valence-electron chi connectivity index (χ0n) is 14.3. The van der Waals surface area contributed by atoms with E-state index >= 15 is 0 Å². The summed E-state index contributed by atoms with van der Waals surface area (Å²) in [7, 11) is 0. The molecular weight excluding hydrogens is 286 g/mol. The quantitative estimate of drug-likeness (QED) is 0.862. The Morgan fingerprint density at radius 3 is 2.39 bits per heavy atom. The van der Waals surface area contributed by atoms with Gasteiger partial charge in [-0.05, 0) is 56.0 Å². The third-order valence-corrected chi connectivity index (χ3v) is 4.07. The van der Waals surface area contributed by atoms with E-state index in [2.05, 4.69) is 37.4 Å². The number of carbonyl (C=O) groups excluding carboxylic acids is 1. The molecule has 0 fully saturated rings. The van der Waals surface area contributed by atoms with Crippen molar-refractivity contribution in [2.24, 2.45) is 0 Å². The van der Waals surface area contributed by atoms with Crippen LogP contribution in [0.5, 0.6) is 5.75 Å². The Kier molecular flexibility index (Phi) is 5.80. The predicted molar refractivity (Wildman–Crippen MR) is 93.6 cm³/mol. The highest BCUT2D eigenvalue weighted by Crippen LogP contribution is 2.18. The van der Waals surface area contributed by atoms with Gasteiger partial charge in [-0.15, -0.1) is 0 Å². The van der Waals surface area contributed by atoms with Crippen molar-refractivity contribution in [3.63, 3.8) is 0 Å². The lowest BCUT2D eigenvalue weighted by atomic mass is 10.0. The van der Waals surface area contributed by atoms with Crippen LogP contribution in [0.25, 0.3) is 0 Å². The van der Waals surface area contributed by atoms with Crippen molar-refractivity contribution in [1.82, 2.24) is 5.32 Å². The average Bonchev–Trinajstić information content (AvgIpc) is 2.55. The van der Waals surface area contributed by atoms with Crippen LogP contribution in [0.4, 0.5) is 0 Å². The first-order chi connectivity index (χ1) is 11.0. The fourth-order valence-corrected chi connectivity index (χ4v) is 2.41. The molecule has 0 spiro atoms. The molecule has 23 heavy (non-hydrogen) atoms. The lowest BCUT2D eigenvalue weighted by molar-refractivity contribution is -0.128. The first kappa shape index (κ1) is 17.1. The summed E-state index contributed by atoms with van der Waals surface area (Å²) in [5, 5.41) is 3.05. The smallest absolute Gasteiger partial charge is 0.261 e. The third-order valence-electron chi connectivity index (χ3n) is 4.07. The molecule has 0 saturated heterocycles. The van der Waals surface area contributed by atoms with Crippen LogP contribution >= 0.6 is 0 Å². The first-order valence-corrected chi connectivity index (χ1v) is 8.10. The van der Waals surface area contributed by atoms with Crippen LogP contribution < -0.4 is 10.1 Å². The Morgan fingerprint density at radius 1 is 1.09 bits per heavy atom. The predicted octanol–water partition coefficient (Wildman–Crippen LogP) is 4.34. The van der Waals surface area contributed by atoms with Gasteiger partial charge in [0.25, 0.3) is 5.91 Å². The molecule has 0 bridgehead atoms. The molecule has 3 nitrogen and oxygen atoms in total. The topological polar surface area (TPSA) is 38.3 Å². The van der Waals surface area contributed by atoms with E-state index < -0.39 is 6.10 Å². The van der Waals surface area contributed by atoms with Crippen molar-refractivity contribution >= 4 is 5.91 Å². The van der Waals surface area contributed by atoms with E-state index in [4.69, 9.17) is 4.74 Å². The maximum Gasteiger partial charge on any atom is 0.261 e. The highest BCUT2D eigenvalue weighted by atomic mass is 16.5. The van der Waals surface area contributed by atoms with E-state index in [9.17, 15) is 4.79 Å². The van der Waals surface area contributed by atoms with Crippen molar-refractivity contribution in [2.75, 3.05) is 0 Å². The number of para-hydroxylation sites is 1. The van der Waals surface area contributed by atoms with Gasteiger partial charge < -0.3 is 10.1 Å². The Balaban J connectivity index is 2.02. The summed E-state index contributed by atoms with van der Waals surface area (Å²) in [4.78, 5) is 12.5. The highest BCUT2D eigenvalue weighted by Gasteiger charge is 2.20. The normalized spacial score (nSPS) is 13.2. The second-order valence-corrected chi connectivity index (χ2v) is 5.90. The standard InChI is InChI=1S/C20H25NO2/c1-5-19(23-18-9-7-6-8-10-18)20(22)21-16(4)17-12-11-14(2)15(3)13-17/h6-13,16,19H,5H2,1-4H3,(H,21,22)/t16-,19+/m0/s1. The summed E-state index contributed by atoms with van der Waals surface area (Å²) in [6, 6.07) is 15.7. The zero-order valence-corrected chi connectivity index (χ0v) is 14.3. The van der Waals surface area contributed by atoms with Gasteiger partial charge in [0, 0.05) is 0 Å². The molecule has 0 aromatic heterocycles. The Labute approximate surface area is 138 Å². The van der Waals surface area contributed by atoms with Gasteiger partial charge in [-0.2, -0.15) is 0 Å². The Hall–Kier alpha value is -2.29. The summed E-state index contributed by atoms with van der Waals surface area (Å²) < 4.78 is 5.79. The first-order valence-electron chi connectivity index (χ1n) is 8.10. The Bertz CT molecular complexity index is 652. The lowest BCUT2D eigenvalue weighted by Crippen LogP contribution is -2.39. The summed E-state index contributed by atoms with van der Waals surface area (Å²) in [5.74, 6) is 0.635. The number of carbonyl (C=O) groups is 1. The number of aryl methyl sites for hydroxylation is 2. The minimum absolute atomic E-state index is 0.0461. The number of hydrogen-bond acceptors (Lipinski definition) is 2. The van der Waals surface area contributed by atoms with Crippen LogP contribution in [-0.2, 0) is 4.79 Å². The molecule has 1 amide bonds. The minimum atomic E-state index is -0.480. The molecular formula is C20H25NO2. The van der Waals surface area contributed by atoms with Crippen LogP contribution in [-0.4, -0.2) is 12.0 Å². The van der Waals surface area contributed by atoms with E-state index in [1.54, 1.807) is 0 Å². The highest BCUT2D eigenvalue weighted by molar-refractivity contribution is 5.81. The van der Waals surface area contributed by atoms with Crippen LogP contribution in [0.2, 0.25) is 0 Å². The van der Waals surface area contributed by atoms with E-state index in [1.807, 2.05) is 44.2 Å². The number of hydrogen-bond donors (Lipinski definition) is 1. The fourth-order valence-electron chi connectivity index (χ4n) is 2.41. The number of rotatable bonds is 6. The molecule has 0 saturated carbocycles. The average molecular weight is 311 g/mol. The molecule has 0 unspecified atom stereocenters. The summed E-state index contributed by atoms with van der Waals surface area (Å²) in [5.41, 5.74) is 3.60. The molecule has 0 radical (unpaired) electrons. The maximum atomic E-state index is 12.5. The molecule has 0 heterocycles. The van der Waals surface area contributed by atoms with Crippen LogP contribution in [0.1, 0.15) is 43.0 Å². The molecule has 2 aromatic carbocycles. The fraction of sp³-hybridized carbons (Fsp3) is 0.350. The summed E-state index contributed by atoms with van der Waals surface area (Å²) >= 11 is 0. The molecule has 3 heteroatoms. The molecule has 0 aliphatic heterocycles. The van der Waals surface area contributed by atoms with Crippen molar-refractivity contribution in [1.29, 1.82) is 0 Å². The van der Waals surface area contributed by atoms with E-state index in [0.29, 0.717) is 12.2 Å². The minimum Gasteiger partial charge on any atom is -0.481 e. The third kappa shape index (κ3) is 4.59. The van der Waals surface area contributed by atoms with Gasteiger partial charge in [0.15, 0.2) is 6.10 Å². The lowest BCUT2D eigenvalue weighted by Gasteiger charge is -2.21. The van der Waals surface area contributed by atoms with E-state index in [1.165, 1.54) is 11.1 Å². The number of ether oxygens (including phenoxy) is 1. The number of amides is 1. The molecule has 2 aromatic rings. The number of nitrogens with one attached hydrogen (secondary N) is 1. The Morgan fingerprint density at radius 2 is 1.78 bits per heavy atom. The van der Waals surface area contributed by atoms with Gasteiger partial charge in [0.1, 0.15) is 5.75 Å². The van der Waals surface area contributed by atoms with Gasteiger partial charge in [-0.25, -0.2) is 0 Å². The van der Waals surface area contributed by atoms with Crippen LogP contribution in [0, 0.1) is 13.8 Å². The largest absolute Gasteiger partial charge is 0.481 e. The summed E-state index contributed by atoms with van der Waals surface area (Å²) in [6.07, 6.45) is 0.145. The molecule has 1 N–H and O–H groups in total.